The fourth-order valence-corrected chi connectivity index (χ4v) is 5.25. The van der Waals surface area contributed by atoms with E-state index in [1.165, 1.54) is 6.07 Å². The summed E-state index contributed by atoms with van der Waals surface area (Å²) in [6.07, 6.45) is 1.71. The van der Waals surface area contributed by atoms with Gasteiger partial charge < -0.3 is 25.6 Å². The first kappa shape index (κ1) is 27.8. The molecule has 9 heteroatoms. The van der Waals surface area contributed by atoms with Crippen molar-refractivity contribution in [2.45, 2.75) is 40.0 Å². The Morgan fingerprint density at radius 3 is 2.47 bits per heavy atom. The fourth-order valence-electron chi connectivity index (χ4n) is 4.36. The maximum Gasteiger partial charge on any atom is 0.305 e. The molecule has 0 atom stereocenters. The summed E-state index contributed by atoms with van der Waals surface area (Å²) in [6.45, 7) is 11.1. The number of aromatic hydroxyl groups is 1. The Balaban J connectivity index is 1.67. The van der Waals surface area contributed by atoms with Gasteiger partial charge in [0.25, 0.3) is 0 Å². The highest BCUT2D eigenvalue weighted by Gasteiger charge is 2.19. The number of nitrogens with two attached hydrogens (primary N) is 1. The molecule has 0 unspecified atom stereocenters. The summed E-state index contributed by atoms with van der Waals surface area (Å²) < 4.78 is 14.4. The zero-order valence-electron chi connectivity index (χ0n) is 21.3. The number of nitrogens with one attached hydrogen (secondary N) is 1. The molecule has 4 N–H and O–H groups in total. The van der Waals surface area contributed by atoms with Crippen molar-refractivity contribution in [2.24, 2.45) is 11.1 Å². The summed E-state index contributed by atoms with van der Waals surface area (Å²) >= 11 is 1.12. The molecule has 36 heavy (non-hydrogen) atoms. The lowest BCUT2D eigenvalue weighted by atomic mass is 9.95. The molecule has 3 aromatic rings. The van der Waals surface area contributed by atoms with Crippen LogP contribution in [0.15, 0.2) is 41.2 Å². The summed E-state index contributed by atoms with van der Waals surface area (Å²) in [5, 5.41) is 10.1. The number of aromatic amines is 1. The second-order valence-electron chi connectivity index (χ2n) is 10.5. The Bertz CT molecular complexity index is 1220. The SMILES string of the molecule is CC(C)(C)CN(CCc1ccc(O)c2[nH]c(=O)sc12)CCN(CCC(N)=O)CCc1cccc(F)c1. The van der Waals surface area contributed by atoms with Crippen molar-refractivity contribution in [1.29, 1.82) is 0 Å². The van der Waals surface area contributed by atoms with Gasteiger partial charge in [0, 0.05) is 45.7 Å². The fraction of sp³-hybridized carbons (Fsp3) is 0.481. The molecular formula is C27H37FN4O3S. The van der Waals surface area contributed by atoms with Crippen LogP contribution < -0.4 is 10.6 Å². The molecule has 7 nitrogen and oxygen atoms in total. The number of nitrogens with zero attached hydrogens (tertiary/aromatic N) is 2. The first-order valence-corrected chi connectivity index (χ1v) is 13.1. The molecule has 0 bridgehead atoms. The number of halogens is 1. The number of rotatable bonds is 13. The first-order chi connectivity index (χ1) is 17.0. The summed E-state index contributed by atoms with van der Waals surface area (Å²) in [4.78, 5) is 30.5. The van der Waals surface area contributed by atoms with Gasteiger partial charge >= 0.3 is 4.87 Å². The number of H-pyrrole nitrogens is 1. The molecule has 0 aliphatic carbocycles. The molecule has 196 valence electrons. The smallest absolute Gasteiger partial charge is 0.305 e. The van der Waals surface area contributed by atoms with Crippen LogP contribution in [0.5, 0.6) is 5.75 Å². The highest BCUT2D eigenvalue weighted by Crippen LogP contribution is 2.28. The van der Waals surface area contributed by atoms with Crippen molar-refractivity contribution in [1.82, 2.24) is 14.8 Å². The van der Waals surface area contributed by atoms with E-state index in [4.69, 9.17) is 5.73 Å². The van der Waals surface area contributed by atoms with Gasteiger partial charge in [0.2, 0.25) is 5.91 Å². The highest BCUT2D eigenvalue weighted by molar-refractivity contribution is 7.16. The van der Waals surface area contributed by atoms with E-state index in [0.29, 0.717) is 25.0 Å². The summed E-state index contributed by atoms with van der Waals surface area (Å²) in [5.41, 5.74) is 7.95. The van der Waals surface area contributed by atoms with Crippen molar-refractivity contribution in [2.75, 3.05) is 39.3 Å². The number of amides is 1. The lowest BCUT2D eigenvalue weighted by Gasteiger charge is -2.32. The van der Waals surface area contributed by atoms with E-state index in [1.54, 1.807) is 18.2 Å². The molecule has 0 saturated carbocycles. The van der Waals surface area contributed by atoms with E-state index in [-0.39, 0.29) is 34.2 Å². The number of hydrogen-bond acceptors (Lipinski definition) is 6. The zero-order valence-corrected chi connectivity index (χ0v) is 22.2. The average Bonchev–Trinajstić information content (AvgIpc) is 3.19. The highest BCUT2D eigenvalue weighted by atomic mass is 32.1. The minimum Gasteiger partial charge on any atom is -0.506 e. The van der Waals surface area contributed by atoms with Gasteiger partial charge in [-0.2, -0.15) is 0 Å². The van der Waals surface area contributed by atoms with Gasteiger partial charge in [0.1, 0.15) is 17.1 Å². The second-order valence-corrected chi connectivity index (χ2v) is 11.5. The van der Waals surface area contributed by atoms with Crippen LogP contribution in [0.25, 0.3) is 10.2 Å². The predicted octanol–water partition coefficient (Wildman–Crippen LogP) is 3.75. The van der Waals surface area contributed by atoms with Gasteiger partial charge in [-0.05, 0) is 47.6 Å². The van der Waals surface area contributed by atoms with E-state index < -0.39 is 0 Å². The summed E-state index contributed by atoms with van der Waals surface area (Å²) in [5.74, 6) is -0.496. The number of phenols is 1. The lowest BCUT2D eigenvalue weighted by molar-refractivity contribution is -0.118. The molecule has 1 heterocycles. The summed E-state index contributed by atoms with van der Waals surface area (Å²) in [7, 11) is 0. The van der Waals surface area contributed by atoms with Crippen molar-refractivity contribution in [3.8, 4) is 5.75 Å². The third-order valence-electron chi connectivity index (χ3n) is 6.05. The van der Waals surface area contributed by atoms with Crippen molar-refractivity contribution in [3.63, 3.8) is 0 Å². The number of benzene rings is 2. The molecule has 2 aromatic carbocycles. The Morgan fingerprint density at radius 1 is 1.06 bits per heavy atom. The van der Waals surface area contributed by atoms with Gasteiger partial charge in [-0.3, -0.25) is 9.59 Å². The first-order valence-electron chi connectivity index (χ1n) is 12.3. The maximum absolute atomic E-state index is 13.6. The Labute approximate surface area is 215 Å². The largest absolute Gasteiger partial charge is 0.506 e. The number of thiazole rings is 1. The summed E-state index contributed by atoms with van der Waals surface area (Å²) in [6, 6.07) is 10.1. The molecule has 1 amide bonds. The van der Waals surface area contributed by atoms with Gasteiger partial charge in [-0.1, -0.05) is 50.3 Å². The molecule has 0 radical (unpaired) electrons. The number of carbonyl (C=O) groups is 1. The number of aromatic nitrogens is 1. The van der Waals surface area contributed by atoms with E-state index in [9.17, 15) is 19.1 Å². The number of carbonyl (C=O) groups excluding carboxylic acids is 1. The molecule has 0 aliphatic rings. The van der Waals surface area contributed by atoms with Crippen molar-refractivity contribution >= 4 is 27.5 Å². The topological polar surface area (TPSA) is 103 Å². The van der Waals surface area contributed by atoms with Crippen LogP contribution in [-0.2, 0) is 17.6 Å². The molecule has 0 fully saturated rings. The van der Waals surface area contributed by atoms with E-state index in [2.05, 4.69) is 35.6 Å². The van der Waals surface area contributed by atoms with Crippen LogP contribution in [0.4, 0.5) is 4.39 Å². The van der Waals surface area contributed by atoms with Crippen LogP contribution in [0.3, 0.4) is 0 Å². The third kappa shape index (κ3) is 8.72. The van der Waals surface area contributed by atoms with Crippen molar-refractivity contribution in [3.05, 3.63) is 63.0 Å². The standard InChI is InChI=1S/C27H37FN4O3S/c1-27(2,3)18-32(13-10-20-7-8-22(33)24-25(20)36-26(35)30-24)16-15-31(14-11-23(29)34)12-9-19-5-4-6-21(28)17-19/h4-8,17,33H,9-16,18H2,1-3H3,(H2,29,34)(H,30,35). The molecule has 0 saturated heterocycles. The van der Waals surface area contributed by atoms with E-state index >= 15 is 0 Å². The number of fused-ring (bicyclic) bond motifs is 1. The molecule has 1 aromatic heterocycles. The van der Waals surface area contributed by atoms with Crippen LogP contribution in [-0.4, -0.2) is 65.1 Å². The lowest BCUT2D eigenvalue weighted by Crippen LogP contribution is -2.41. The minimum absolute atomic E-state index is 0.0852. The number of hydrogen-bond donors (Lipinski definition) is 3. The number of primary amides is 1. The molecule has 3 rings (SSSR count). The van der Waals surface area contributed by atoms with E-state index in [1.807, 2.05) is 12.1 Å². The molecular weight excluding hydrogens is 479 g/mol. The van der Waals surface area contributed by atoms with Gasteiger partial charge in [0.05, 0.1) is 4.70 Å². The quantitative estimate of drug-likeness (QED) is 0.321. The van der Waals surface area contributed by atoms with Gasteiger partial charge in [-0.15, -0.1) is 0 Å². The van der Waals surface area contributed by atoms with Gasteiger partial charge in [0.15, 0.2) is 0 Å². The Morgan fingerprint density at radius 2 is 1.78 bits per heavy atom. The number of phenolic OH excluding ortho intramolecular Hbond substituents is 1. The third-order valence-corrected chi connectivity index (χ3v) is 7.00. The van der Waals surface area contributed by atoms with Crippen LogP contribution in [0.1, 0.15) is 38.3 Å². The zero-order chi connectivity index (χ0) is 26.3. The minimum atomic E-state index is -0.334. The monoisotopic (exact) mass is 516 g/mol. The van der Waals surface area contributed by atoms with Crippen molar-refractivity contribution < 1.29 is 14.3 Å². The van der Waals surface area contributed by atoms with E-state index in [0.717, 1.165) is 59.8 Å². The Hall–Kier alpha value is -2.75. The predicted molar refractivity (Wildman–Crippen MR) is 144 cm³/mol. The second kappa shape index (κ2) is 12.5. The Kier molecular flexibility index (Phi) is 9.64. The normalized spacial score (nSPS) is 12.2. The maximum atomic E-state index is 13.6. The van der Waals surface area contributed by atoms with Crippen LogP contribution in [0.2, 0.25) is 0 Å². The van der Waals surface area contributed by atoms with Gasteiger partial charge in [-0.25, -0.2) is 4.39 Å². The average molecular weight is 517 g/mol. The van der Waals surface area contributed by atoms with Crippen LogP contribution >= 0.6 is 11.3 Å². The molecule has 0 spiro atoms. The van der Waals surface area contributed by atoms with Crippen LogP contribution in [0, 0.1) is 11.2 Å². The molecule has 0 aliphatic heterocycles.